The van der Waals surface area contributed by atoms with Crippen LogP contribution in [0.15, 0.2) is 36.9 Å². The molecule has 0 radical (unpaired) electrons. The molecule has 1 fully saturated rings. The van der Waals surface area contributed by atoms with E-state index in [-0.39, 0.29) is 21.8 Å². The number of halogens is 3. The highest BCUT2D eigenvalue weighted by atomic mass is 35.5. The van der Waals surface area contributed by atoms with Gasteiger partial charge in [0.25, 0.3) is 0 Å². The monoisotopic (exact) mass is 498 g/mol. The van der Waals surface area contributed by atoms with Crippen molar-refractivity contribution in [1.29, 1.82) is 5.26 Å². The predicted molar refractivity (Wildman–Crippen MR) is 125 cm³/mol. The fourth-order valence-corrected chi connectivity index (χ4v) is 4.53. The molecule has 3 N–H and O–H groups in total. The molecule has 1 aliphatic heterocycles. The van der Waals surface area contributed by atoms with Crippen molar-refractivity contribution in [2.75, 3.05) is 11.4 Å². The molecule has 0 unspecified atom stereocenters. The molecule has 5 rings (SSSR count). The number of nitriles is 1. The van der Waals surface area contributed by atoms with Crippen molar-refractivity contribution in [3.63, 3.8) is 0 Å². The lowest BCUT2D eigenvalue weighted by Gasteiger charge is -2.19. The first-order valence-electron chi connectivity index (χ1n) is 10.3. The second-order valence-electron chi connectivity index (χ2n) is 7.71. The molecule has 4 aromatic rings. The Hall–Kier alpha value is -3.52. The van der Waals surface area contributed by atoms with Crippen LogP contribution in [0.3, 0.4) is 0 Å². The summed E-state index contributed by atoms with van der Waals surface area (Å²) in [5, 5.41) is 17.4. The van der Waals surface area contributed by atoms with E-state index in [9.17, 15) is 9.65 Å². The van der Waals surface area contributed by atoms with Gasteiger partial charge >= 0.3 is 0 Å². The van der Waals surface area contributed by atoms with Crippen molar-refractivity contribution in [3.8, 4) is 23.1 Å². The lowest BCUT2D eigenvalue weighted by Crippen LogP contribution is -2.29. The summed E-state index contributed by atoms with van der Waals surface area (Å²) in [6.45, 7) is 0.731. The summed E-state index contributed by atoms with van der Waals surface area (Å²) in [4.78, 5) is 14.6. The van der Waals surface area contributed by atoms with E-state index in [1.54, 1.807) is 12.4 Å². The summed E-state index contributed by atoms with van der Waals surface area (Å²) in [5.41, 5.74) is 7.99. The minimum absolute atomic E-state index is 0.0990. The number of nitrogens with one attached hydrogen (secondary N) is 1. The Morgan fingerprint density at radius 1 is 1.21 bits per heavy atom. The fraction of sp³-hybridized carbons (Fsp3) is 0.227. The van der Waals surface area contributed by atoms with Crippen LogP contribution < -0.4 is 15.4 Å². The molecule has 0 amide bonds. The van der Waals surface area contributed by atoms with Gasteiger partial charge in [0, 0.05) is 53.9 Å². The maximum atomic E-state index is 14.7. The van der Waals surface area contributed by atoms with Crippen LogP contribution in [0.1, 0.15) is 24.6 Å². The summed E-state index contributed by atoms with van der Waals surface area (Å²) in [6.07, 6.45) is 6.58. The smallest absolute Gasteiger partial charge is 0.226 e. The molecule has 1 saturated heterocycles. The van der Waals surface area contributed by atoms with Gasteiger partial charge in [-0.1, -0.05) is 23.2 Å². The van der Waals surface area contributed by atoms with Crippen LogP contribution in [-0.4, -0.2) is 37.7 Å². The zero-order chi connectivity index (χ0) is 23.8. The van der Waals surface area contributed by atoms with E-state index in [0.717, 1.165) is 19.4 Å². The number of nitrogens with two attached hydrogens (primary N) is 1. The van der Waals surface area contributed by atoms with Crippen molar-refractivity contribution in [2.45, 2.75) is 25.1 Å². The number of ether oxygens (including phenoxy) is 1. The van der Waals surface area contributed by atoms with E-state index >= 15 is 0 Å². The van der Waals surface area contributed by atoms with Gasteiger partial charge in [-0.2, -0.15) is 10.4 Å². The highest BCUT2D eigenvalue weighted by molar-refractivity contribution is 6.35. The number of hydrogen-bond acceptors (Lipinski definition) is 8. The molecule has 0 saturated carbocycles. The third-order valence-corrected chi connectivity index (χ3v) is 6.22. The second kappa shape index (κ2) is 9.02. The quantitative estimate of drug-likeness (QED) is 0.387. The van der Waals surface area contributed by atoms with E-state index in [1.165, 1.54) is 24.5 Å². The molecular weight excluding hydrogens is 482 g/mol. The molecule has 0 bridgehead atoms. The minimum Gasteiger partial charge on any atom is -0.468 e. The van der Waals surface area contributed by atoms with Gasteiger partial charge in [-0.05, 0) is 18.9 Å². The van der Waals surface area contributed by atoms with Crippen molar-refractivity contribution in [1.82, 2.24) is 25.1 Å². The van der Waals surface area contributed by atoms with Gasteiger partial charge in [-0.3, -0.25) is 15.8 Å². The number of rotatable bonds is 5. The minimum atomic E-state index is -1.12. The first kappa shape index (κ1) is 22.3. The average Bonchev–Trinajstić information content (AvgIpc) is 3.46. The van der Waals surface area contributed by atoms with Crippen LogP contribution >= 0.6 is 23.2 Å². The van der Waals surface area contributed by atoms with Crippen molar-refractivity contribution in [3.05, 3.63) is 58.3 Å². The molecular formula is C22H17Cl2FN8O. The number of aromatic amines is 1. The van der Waals surface area contributed by atoms with Gasteiger partial charge < -0.3 is 9.64 Å². The van der Waals surface area contributed by atoms with Crippen molar-refractivity contribution < 1.29 is 9.13 Å². The number of aromatic nitrogens is 5. The topological polar surface area (TPSA) is 130 Å². The fourth-order valence-electron chi connectivity index (χ4n) is 3.95. The molecule has 172 valence electrons. The van der Waals surface area contributed by atoms with Crippen LogP contribution in [0.2, 0.25) is 10.0 Å². The molecule has 34 heavy (non-hydrogen) atoms. The van der Waals surface area contributed by atoms with Gasteiger partial charge in [0.2, 0.25) is 5.95 Å². The van der Waals surface area contributed by atoms with Crippen LogP contribution in [0.5, 0.6) is 5.75 Å². The summed E-state index contributed by atoms with van der Waals surface area (Å²) in [5.74, 6) is -0.250. The maximum Gasteiger partial charge on any atom is 0.226 e. The molecule has 1 aliphatic rings. The Kier molecular flexibility index (Phi) is 5.91. The van der Waals surface area contributed by atoms with E-state index in [2.05, 4.69) is 31.2 Å². The SMILES string of the molecule is N#C[C@@H]1CCCN1c1ncc(-c2n[nH]c3cc(F)c(O[C@H](N)c4c(Cl)cncc4Cl)cc23)cn1. The molecule has 1 aromatic carbocycles. The second-order valence-corrected chi connectivity index (χ2v) is 8.52. The first-order chi connectivity index (χ1) is 16.5. The van der Waals surface area contributed by atoms with Gasteiger partial charge in [-0.15, -0.1) is 0 Å². The number of H-pyrrole nitrogens is 1. The van der Waals surface area contributed by atoms with E-state index in [1.807, 2.05) is 4.90 Å². The normalized spacial score (nSPS) is 16.6. The van der Waals surface area contributed by atoms with Gasteiger partial charge in [0.05, 0.1) is 21.6 Å². The maximum absolute atomic E-state index is 14.7. The Morgan fingerprint density at radius 3 is 2.65 bits per heavy atom. The summed E-state index contributed by atoms with van der Waals surface area (Å²) >= 11 is 12.3. The number of hydrogen-bond donors (Lipinski definition) is 2. The average molecular weight is 499 g/mol. The van der Waals surface area contributed by atoms with Crippen molar-refractivity contribution in [2.24, 2.45) is 5.73 Å². The molecule has 0 spiro atoms. The number of benzene rings is 1. The standard InChI is InChI=1S/C22H17Cl2FN8O/c23-14-9-28-10-15(24)19(14)21(27)34-18-4-13-17(5-16(18)25)31-32-20(13)11-7-29-22(30-8-11)33-3-1-2-12(33)6-26/h4-5,7-10,12,21H,1-3,27H2,(H,31,32)/t12-,21-/m0/s1. The number of nitrogens with zero attached hydrogens (tertiary/aromatic N) is 6. The third-order valence-electron chi connectivity index (χ3n) is 5.61. The molecule has 0 aliphatic carbocycles. The molecule has 12 heteroatoms. The highest BCUT2D eigenvalue weighted by Crippen LogP contribution is 2.35. The highest BCUT2D eigenvalue weighted by Gasteiger charge is 2.26. The Morgan fingerprint density at radius 2 is 1.94 bits per heavy atom. The zero-order valence-corrected chi connectivity index (χ0v) is 19.1. The van der Waals surface area contributed by atoms with E-state index in [0.29, 0.717) is 33.7 Å². The lowest BCUT2D eigenvalue weighted by molar-refractivity contribution is 0.205. The lowest BCUT2D eigenvalue weighted by atomic mass is 10.1. The van der Waals surface area contributed by atoms with Crippen molar-refractivity contribution >= 4 is 40.1 Å². The Balaban J connectivity index is 1.46. The van der Waals surface area contributed by atoms with Crippen LogP contribution in [0, 0.1) is 17.1 Å². The molecule has 9 nitrogen and oxygen atoms in total. The largest absolute Gasteiger partial charge is 0.468 e. The van der Waals surface area contributed by atoms with Gasteiger partial charge in [0.15, 0.2) is 17.8 Å². The summed E-state index contributed by atoms with van der Waals surface area (Å²) in [6, 6.07) is 4.80. The first-order valence-corrected chi connectivity index (χ1v) is 11.1. The summed E-state index contributed by atoms with van der Waals surface area (Å²) < 4.78 is 20.4. The third kappa shape index (κ3) is 3.98. The van der Waals surface area contributed by atoms with E-state index < -0.39 is 12.0 Å². The number of anilines is 1. The van der Waals surface area contributed by atoms with Crippen LogP contribution in [-0.2, 0) is 0 Å². The van der Waals surface area contributed by atoms with Crippen LogP contribution in [0.25, 0.3) is 22.2 Å². The summed E-state index contributed by atoms with van der Waals surface area (Å²) in [7, 11) is 0. The predicted octanol–water partition coefficient (Wildman–Crippen LogP) is 4.39. The van der Waals surface area contributed by atoms with Gasteiger partial charge in [-0.25, -0.2) is 14.4 Å². The van der Waals surface area contributed by atoms with Crippen LogP contribution in [0.4, 0.5) is 10.3 Å². The Labute approximate surface area is 203 Å². The van der Waals surface area contributed by atoms with E-state index in [4.69, 9.17) is 33.7 Å². The molecule has 2 atom stereocenters. The molecule has 3 aromatic heterocycles. The number of pyridine rings is 1. The molecule has 4 heterocycles. The zero-order valence-electron chi connectivity index (χ0n) is 17.5. The number of fused-ring (bicyclic) bond motifs is 1. The van der Waals surface area contributed by atoms with Gasteiger partial charge in [0.1, 0.15) is 11.7 Å². The Bertz CT molecular complexity index is 1380.